The minimum atomic E-state index is 0.606. The molecule has 4 heteroatoms. The number of hydrogen-bond donors (Lipinski definition) is 0. The van der Waals surface area contributed by atoms with Crippen molar-refractivity contribution >= 4 is 0 Å². The first kappa shape index (κ1) is 10.6. The van der Waals surface area contributed by atoms with Crippen LogP contribution in [0, 0.1) is 11.5 Å². The molecule has 1 aromatic rings. The van der Waals surface area contributed by atoms with Gasteiger partial charge in [0.2, 0.25) is 0 Å². The number of nitriles is 1. The molecule has 1 aliphatic rings. The summed E-state index contributed by atoms with van der Waals surface area (Å²) < 4.78 is 10.9. The van der Waals surface area contributed by atoms with Gasteiger partial charge in [-0.25, -0.2) is 0 Å². The molecule has 1 heterocycles. The van der Waals surface area contributed by atoms with E-state index in [-0.39, 0.29) is 0 Å². The molecule has 0 atom stereocenters. The Morgan fingerprint density at radius 2 is 2.06 bits per heavy atom. The van der Waals surface area contributed by atoms with E-state index >= 15 is 0 Å². The van der Waals surface area contributed by atoms with Crippen LogP contribution in [-0.2, 0) is 6.42 Å². The molecule has 1 aliphatic heterocycles. The number of rotatable bonds is 3. The van der Waals surface area contributed by atoms with E-state index in [1.165, 1.54) is 0 Å². The van der Waals surface area contributed by atoms with Crippen LogP contribution in [0.4, 0.5) is 0 Å². The minimum absolute atomic E-state index is 0.606. The highest BCUT2D eigenvalue weighted by Crippen LogP contribution is 2.30. The number of benzene rings is 1. The van der Waals surface area contributed by atoms with Gasteiger partial charge in [0.05, 0.1) is 0 Å². The van der Waals surface area contributed by atoms with Gasteiger partial charge in [-0.15, -0.1) is 0 Å². The molecule has 0 unspecified atom stereocenters. The van der Waals surface area contributed by atoms with Gasteiger partial charge in [0.25, 0.3) is 0 Å². The monoisotopic (exact) mass is 218 g/mol. The van der Waals surface area contributed by atoms with Gasteiger partial charge in [-0.3, -0.25) is 0 Å². The summed E-state index contributed by atoms with van der Waals surface area (Å²) in [6.45, 7) is 1.94. The highest BCUT2D eigenvalue weighted by molar-refractivity contribution is 5.43. The lowest BCUT2D eigenvalue weighted by Gasteiger charge is -2.19. The Labute approximate surface area is 95.0 Å². The van der Waals surface area contributed by atoms with Gasteiger partial charge in [0, 0.05) is 13.6 Å². The Hall–Kier alpha value is -1.89. The molecule has 0 amide bonds. The number of hydrogen-bond acceptors (Lipinski definition) is 4. The first-order valence-corrected chi connectivity index (χ1v) is 5.29. The second kappa shape index (κ2) is 4.75. The Morgan fingerprint density at radius 3 is 2.81 bits per heavy atom. The van der Waals surface area contributed by atoms with Crippen LogP contribution in [0.5, 0.6) is 11.5 Å². The van der Waals surface area contributed by atoms with Gasteiger partial charge in [-0.05, 0) is 24.1 Å². The van der Waals surface area contributed by atoms with Crippen molar-refractivity contribution in [2.75, 3.05) is 26.8 Å². The molecular formula is C12H14N2O2. The largest absolute Gasteiger partial charge is 0.486 e. The minimum Gasteiger partial charge on any atom is -0.486 e. The van der Waals surface area contributed by atoms with Crippen LogP contribution in [0.1, 0.15) is 5.56 Å². The predicted octanol–water partition coefficient (Wildman–Crippen LogP) is 1.41. The van der Waals surface area contributed by atoms with Crippen LogP contribution in [0.15, 0.2) is 18.2 Å². The number of likely N-dealkylation sites (N-methyl/N-ethyl adjacent to an activating group) is 1. The standard InChI is InChI=1S/C12H14N2O2/c1-14(9-13)5-4-10-2-3-11-12(8-10)16-7-6-15-11/h2-3,8H,4-7H2,1H3. The van der Waals surface area contributed by atoms with Crippen molar-refractivity contribution in [3.63, 3.8) is 0 Å². The number of fused-ring (bicyclic) bond motifs is 1. The summed E-state index contributed by atoms with van der Waals surface area (Å²) in [6.07, 6.45) is 2.91. The summed E-state index contributed by atoms with van der Waals surface area (Å²) in [4.78, 5) is 1.61. The molecule has 0 N–H and O–H groups in total. The van der Waals surface area contributed by atoms with Crippen molar-refractivity contribution in [1.82, 2.24) is 4.90 Å². The van der Waals surface area contributed by atoms with E-state index in [0.29, 0.717) is 13.2 Å². The van der Waals surface area contributed by atoms with Gasteiger partial charge in [0.1, 0.15) is 13.2 Å². The Balaban J connectivity index is 2.03. The quantitative estimate of drug-likeness (QED) is 0.568. The van der Waals surface area contributed by atoms with E-state index in [9.17, 15) is 0 Å². The first-order valence-electron chi connectivity index (χ1n) is 5.29. The average Bonchev–Trinajstić information content (AvgIpc) is 2.35. The Bertz CT molecular complexity index is 412. The summed E-state index contributed by atoms with van der Waals surface area (Å²) in [7, 11) is 1.78. The SMILES string of the molecule is CN(C#N)CCc1ccc2c(c1)OCCO2. The van der Waals surface area contributed by atoms with Crippen molar-refractivity contribution in [3.05, 3.63) is 23.8 Å². The van der Waals surface area contributed by atoms with Crippen molar-refractivity contribution in [2.45, 2.75) is 6.42 Å². The summed E-state index contributed by atoms with van der Waals surface area (Å²) in [6, 6.07) is 5.93. The molecule has 2 rings (SSSR count). The zero-order chi connectivity index (χ0) is 11.4. The van der Waals surface area contributed by atoms with E-state index in [1.807, 2.05) is 18.2 Å². The smallest absolute Gasteiger partial charge is 0.179 e. The molecule has 0 bridgehead atoms. The third kappa shape index (κ3) is 2.37. The molecular weight excluding hydrogens is 204 g/mol. The fourth-order valence-electron chi connectivity index (χ4n) is 1.59. The Kier molecular flexibility index (Phi) is 3.16. The zero-order valence-electron chi connectivity index (χ0n) is 9.27. The fourth-order valence-corrected chi connectivity index (χ4v) is 1.59. The van der Waals surface area contributed by atoms with Gasteiger partial charge in [-0.2, -0.15) is 5.26 Å². The van der Waals surface area contributed by atoms with Gasteiger partial charge < -0.3 is 14.4 Å². The number of nitrogens with zero attached hydrogens (tertiary/aromatic N) is 2. The van der Waals surface area contributed by atoms with Crippen molar-refractivity contribution in [2.24, 2.45) is 0 Å². The molecule has 0 saturated heterocycles. The second-order valence-electron chi connectivity index (χ2n) is 3.75. The first-order chi connectivity index (χ1) is 7.79. The molecule has 0 saturated carbocycles. The topological polar surface area (TPSA) is 45.5 Å². The van der Waals surface area contributed by atoms with Gasteiger partial charge in [-0.1, -0.05) is 6.07 Å². The van der Waals surface area contributed by atoms with E-state index < -0.39 is 0 Å². The molecule has 16 heavy (non-hydrogen) atoms. The second-order valence-corrected chi connectivity index (χ2v) is 3.75. The number of ether oxygens (including phenoxy) is 2. The molecule has 0 radical (unpaired) electrons. The lowest BCUT2D eigenvalue weighted by molar-refractivity contribution is 0.171. The summed E-state index contributed by atoms with van der Waals surface area (Å²) in [5.41, 5.74) is 1.16. The van der Waals surface area contributed by atoms with E-state index in [2.05, 4.69) is 6.19 Å². The summed E-state index contributed by atoms with van der Waals surface area (Å²) in [5.74, 6) is 1.62. The van der Waals surface area contributed by atoms with Gasteiger partial charge >= 0.3 is 0 Å². The van der Waals surface area contributed by atoms with Gasteiger partial charge in [0.15, 0.2) is 17.7 Å². The van der Waals surface area contributed by atoms with Crippen molar-refractivity contribution in [1.29, 1.82) is 5.26 Å². The van der Waals surface area contributed by atoms with E-state index in [1.54, 1.807) is 11.9 Å². The summed E-state index contributed by atoms with van der Waals surface area (Å²) >= 11 is 0. The fraction of sp³-hybridized carbons (Fsp3) is 0.417. The third-order valence-electron chi connectivity index (χ3n) is 2.51. The maximum atomic E-state index is 8.64. The maximum Gasteiger partial charge on any atom is 0.179 e. The van der Waals surface area contributed by atoms with Crippen LogP contribution in [0.2, 0.25) is 0 Å². The molecule has 1 aromatic carbocycles. The lowest BCUT2D eigenvalue weighted by Crippen LogP contribution is -2.16. The molecule has 0 fully saturated rings. The van der Waals surface area contributed by atoms with Crippen LogP contribution in [0.25, 0.3) is 0 Å². The molecule has 4 nitrogen and oxygen atoms in total. The highest BCUT2D eigenvalue weighted by atomic mass is 16.6. The highest BCUT2D eigenvalue weighted by Gasteiger charge is 2.11. The summed E-state index contributed by atoms with van der Waals surface area (Å²) in [5, 5.41) is 8.64. The van der Waals surface area contributed by atoms with E-state index in [0.717, 1.165) is 30.0 Å². The van der Waals surface area contributed by atoms with Crippen LogP contribution < -0.4 is 9.47 Å². The maximum absolute atomic E-state index is 8.64. The zero-order valence-corrected chi connectivity index (χ0v) is 9.27. The third-order valence-corrected chi connectivity index (χ3v) is 2.51. The molecule has 84 valence electrons. The molecule has 0 aromatic heterocycles. The van der Waals surface area contributed by atoms with Crippen LogP contribution >= 0.6 is 0 Å². The lowest BCUT2D eigenvalue weighted by atomic mass is 10.1. The predicted molar refractivity (Wildman–Crippen MR) is 59.4 cm³/mol. The Morgan fingerprint density at radius 1 is 1.31 bits per heavy atom. The van der Waals surface area contributed by atoms with E-state index in [4.69, 9.17) is 14.7 Å². The molecule has 0 spiro atoms. The van der Waals surface area contributed by atoms with Crippen LogP contribution in [0.3, 0.4) is 0 Å². The average molecular weight is 218 g/mol. The van der Waals surface area contributed by atoms with Crippen LogP contribution in [-0.4, -0.2) is 31.7 Å². The normalized spacial score (nSPS) is 13.0. The molecule has 0 aliphatic carbocycles. The van der Waals surface area contributed by atoms with Crippen molar-refractivity contribution < 1.29 is 9.47 Å². The van der Waals surface area contributed by atoms with Crippen molar-refractivity contribution in [3.8, 4) is 17.7 Å².